The molecule has 0 saturated heterocycles. The maximum absolute atomic E-state index is 10.8. The van der Waals surface area contributed by atoms with Crippen molar-refractivity contribution in [3.63, 3.8) is 0 Å². The van der Waals surface area contributed by atoms with Crippen molar-refractivity contribution in [3.8, 4) is 11.5 Å². The van der Waals surface area contributed by atoms with Gasteiger partial charge < -0.3 is 30.9 Å². The highest BCUT2D eigenvalue weighted by Gasteiger charge is 2.13. The summed E-state index contributed by atoms with van der Waals surface area (Å²) in [5.41, 5.74) is 5.98. The molecule has 8 heteroatoms. The summed E-state index contributed by atoms with van der Waals surface area (Å²) in [5.74, 6) is 0.164. The molecule has 0 aromatic heterocycles. The molecule has 1 aromatic rings. The second kappa shape index (κ2) is 10.3. The van der Waals surface area contributed by atoms with E-state index in [1.54, 1.807) is 19.1 Å². The minimum atomic E-state index is -0.585. The van der Waals surface area contributed by atoms with E-state index in [-0.39, 0.29) is 12.7 Å². The van der Waals surface area contributed by atoms with Crippen molar-refractivity contribution in [2.75, 3.05) is 33.4 Å². The lowest BCUT2D eigenvalue weighted by Crippen LogP contribution is -2.31. The number of hydrogen-bond acceptors (Lipinski definition) is 6. The molecule has 1 atom stereocenters. The number of nitrogens with two attached hydrogens (primary N) is 1. The summed E-state index contributed by atoms with van der Waals surface area (Å²) in [5, 5.41) is 15.8. The number of nitrogens with one attached hydrogen (secondary N) is 2. The SMILES string of the molecule is COc1cc(CNCCNC[C@H](C)O)cc(Cl)c1OCC(N)=O. The van der Waals surface area contributed by atoms with Crippen LogP contribution < -0.4 is 25.8 Å². The average Bonchev–Trinajstić information content (AvgIpc) is 2.48. The molecule has 0 radical (unpaired) electrons. The largest absolute Gasteiger partial charge is 0.493 e. The number of rotatable bonds is 11. The van der Waals surface area contributed by atoms with E-state index in [0.29, 0.717) is 29.6 Å². The number of benzene rings is 1. The number of hydrogen-bond donors (Lipinski definition) is 4. The quantitative estimate of drug-likeness (QED) is 0.429. The van der Waals surface area contributed by atoms with E-state index in [1.807, 2.05) is 0 Å². The molecular formula is C15H24ClN3O4. The van der Waals surface area contributed by atoms with Crippen molar-refractivity contribution in [1.29, 1.82) is 0 Å². The molecule has 1 aromatic carbocycles. The summed E-state index contributed by atoms with van der Waals surface area (Å²) < 4.78 is 10.5. The van der Waals surface area contributed by atoms with Gasteiger partial charge in [-0.15, -0.1) is 0 Å². The highest BCUT2D eigenvalue weighted by atomic mass is 35.5. The molecule has 0 unspecified atom stereocenters. The normalized spacial score (nSPS) is 12.0. The van der Waals surface area contributed by atoms with Crippen molar-refractivity contribution in [2.24, 2.45) is 5.73 Å². The van der Waals surface area contributed by atoms with E-state index in [4.69, 9.17) is 31.9 Å². The monoisotopic (exact) mass is 345 g/mol. The summed E-state index contributed by atoms with van der Waals surface area (Å²) in [6.45, 7) is 4.12. The first-order valence-electron chi connectivity index (χ1n) is 7.31. The third-order valence-electron chi connectivity index (χ3n) is 2.90. The number of aliphatic hydroxyl groups excluding tert-OH is 1. The molecule has 0 aliphatic heterocycles. The topological polar surface area (TPSA) is 106 Å². The minimum absolute atomic E-state index is 0.261. The van der Waals surface area contributed by atoms with Gasteiger partial charge in [-0.2, -0.15) is 0 Å². The highest BCUT2D eigenvalue weighted by Crippen LogP contribution is 2.36. The maximum atomic E-state index is 10.8. The molecule has 1 amide bonds. The zero-order valence-corrected chi connectivity index (χ0v) is 14.2. The van der Waals surface area contributed by atoms with Crippen molar-refractivity contribution in [1.82, 2.24) is 10.6 Å². The van der Waals surface area contributed by atoms with Gasteiger partial charge in [-0.1, -0.05) is 11.6 Å². The van der Waals surface area contributed by atoms with Crippen LogP contribution in [-0.4, -0.2) is 50.5 Å². The Morgan fingerprint density at radius 2 is 2.09 bits per heavy atom. The number of amides is 1. The third-order valence-corrected chi connectivity index (χ3v) is 3.18. The molecular weight excluding hydrogens is 322 g/mol. The Bertz CT molecular complexity index is 512. The van der Waals surface area contributed by atoms with Gasteiger partial charge in [0.25, 0.3) is 5.91 Å². The first kappa shape index (κ1) is 19.5. The average molecular weight is 346 g/mol. The lowest BCUT2D eigenvalue weighted by atomic mass is 10.2. The molecule has 7 nitrogen and oxygen atoms in total. The summed E-state index contributed by atoms with van der Waals surface area (Å²) in [6, 6.07) is 3.54. The predicted molar refractivity (Wildman–Crippen MR) is 89.0 cm³/mol. The van der Waals surface area contributed by atoms with Crippen LogP contribution in [0, 0.1) is 0 Å². The van der Waals surface area contributed by atoms with Crippen LogP contribution in [0.2, 0.25) is 5.02 Å². The first-order valence-corrected chi connectivity index (χ1v) is 7.68. The maximum Gasteiger partial charge on any atom is 0.255 e. The van der Waals surface area contributed by atoms with Crippen molar-refractivity contribution >= 4 is 17.5 Å². The van der Waals surface area contributed by atoms with E-state index in [9.17, 15) is 4.79 Å². The van der Waals surface area contributed by atoms with Crippen LogP contribution in [0.15, 0.2) is 12.1 Å². The van der Waals surface area contributed by atoms with E-state index in [0.717, 1.165) is 18.7 Å². The van der Waals surface area contributed by atoms with Gasteiger partial charge in [-0.05, 0) is 24.6 Å². The lowest BCUT2D eigenvalue weighted by Gasteiger charge is -2.14. The Morgan fingerprint density at radius 3 is 2.70 bits per heavy atom. The molecule has 0 saturated carbocycles. The summed E-state index contributed by atoms with van der Waals surface area (Å²) >= 11 is 6.17. The van der Waals surface area contributed by atoms with Crippen LogP contribution >= 0.6 is 11.6 Å². The number of halogens is 1. The minimum Gasteiger partial charge on any atom is -0.493 e. The van der Waals surface area contributed by atoms with E-state index in [1.165, 1.54) is 7.11 Å². The third kappa shape index (κ3) is 7.51. The number of methoxy groups -OCH3 is 1. The van der Waals surface area contributed by atoms with E-state index >= 15 is 0 Å². The molecule has 0 fully saturated rings. The molecule has 1 rings (SSSR count). The van der Waals surface area contributed by atoms with Crippen molar-refractivity contribution < 1.29 is 19.4 Å². The second-order valence-corrected chi connectivity index (χ2v) is 5.50. The van der Waals surface area contributed by atoms with E-state index < -0.39 is 5.91 Å². The van der Waals surface area contributed by atoms with E-state index in [2.05, 4.69) is 10.6 Å². The highest BCUT2D eigenvalue weighted by molar-refractivity contribution is 6.32. The van der Waals surface area contributed by atoms with Crippen molar-refractivity contribution in [3.05, 3.63) is 22.7 Å². The molecule has 130 valence electrons. The molecule has 0 spiro atoms. The van der Waals surface area contributed by atoms with Crippen LogP contribution in [0.5, 0.6) is 11.5 Å². The fraction of sp³-hybridized carbons (Fsp3) is 0.533. The van der Waals surface area contributed by atoms with Gasteiger partial charge in [0.2, 0.25) is 0 Å². The molecule has 23 heavy (non-hydrogen) atoms. The number of carbonyl (C=O) groups excluding carboxylic acids is 1. The lowest BCUT2D eigenvalue weighted by molar-refractivity contribution is -0.119. The fourth-order valence-corrected chi connectivity index (χ4v) is 2.17. The zero-order chi connectivity index (χ0) is 17.2. The fourth-order valence-electron chi connectivity index (χ4n) is 1.88. The van der Waals surface area contributed by atoms with Crippen LogP contribution in [0.1, 0.15) is 12.5 Å². The number of ether oxygens (including phenoxy) is 2. The summed E-state index contributed by atoms with van der Waals surface area (Å²) in [4.78, 5) is 10.8. The van der Waals surface area contributed by atoms with Crippen LogP contribution in [0.3, 0.4) is 0 Å². The molecule has 0 aliphatic carbocycles. The van der Waals surface area contributed by atoms with Gasteiger partial charge in [-0.25, -0.2) is 0 Å². The van der Waals surface area contributed by atoms with Crippen LogP contribution in [-0.2, 0) is 11.3 Å². The molecule has 0 heterocycles. The van der Waals surface area contributed by atoms with Gasteiger partial charge in [0.1, 0.15) is 0 Å². The Kier molecular flexibility index (Phi) is 8.71. The standard InChI is InChI=1S/C15H24ClN3O4/c1-10(20)7-18-3-4-19-8-11-5-12(16)15(13(6-11)22-2)23-9-14(17)21/h5-6,10,18-20H,3-4,7-9H2,1-2H3,(H2,17,21)/t10-/m0/s1. The van der Waals surface area contributed by atoms with Gasteiger partial charge in [0.15, 0.2) is 18.1 Å². The predicted octanol–water partition coefficient (Wildman–Crippen LogP) is 0.273. The number of primary amides is 1. The van der Waals surface area contributed by atoms with Gasteiger partial charge in [0, 0.05) is 26.2 Å². The molecule has 0 aliphatic rings. The van der Waals surface area contributed by atoms with Gasteiger partial charge >= 0.3 is 0 Å². The van der Waals surface area contributed by atoms with Gasteiger partial charge in [0.05, 0.1) is 18.2 Å². The van der Waals surface area contributed by atoms with Gasteiger partial charge in [-0.3, -0.25) is 4.79 Å². The Balaban J connectivity index is 2.53. The Hall–Kier alpha value is -1.54. The van der Waals surface area contributed by atoms with Crippen molar-refractivity contribution in [2.45, 2.75) is 19.6 Å². The Labute approximate surface area is 141 Å². The molecule has 5 N–H and O–H groups in total. The van der Waals surface area contributed by atoms with Crippen LogP contribution in [0.4, 0.5) is 0 Å². The number of aliphatic hydroxyl groups is 1. The summed E-state index contributed by atoms with van der Waals surface area (Å²) in [6.07, 6.45) is -0.356. The van der Waals surface area contributed by atoms with Crippen LogP contribution in [0.25, 0.3) is 0 Å². The first-order chi connectivity index (χ1) is 10.9. The second-order valence-electron chi connectivity index (χ2n) is 5.09. The number of carbonyl (C=O) groups is 1. The smallest absolute Gasteiger partial charge is 0.255 e. The Morgan fingerprint density at radius 1 is 1.39 bits per heavy atom. The zero-order valence-electron chi connectivity index (χ0n) is 13.4. The summed E-state index contributed by atoms with van der Waals surface area (Å²) in [7, 11) is 1.50. The molecule has 0 bridgehead atoms.